The molecule has 0 fully saturated rings. The van der Waals surface area contributed by atoms with Gasteiger partial charge in [0.05, 0.1) is 6.54 Å². The van der Waals surface area contributed by atoms with Crippen molar-refractivity contribution in [2.75, 3.05) is 5.73 Å². The van der Waals surface area contributed by atoms with Crippen LogP contribution in [0.4, 0.5) is 10.3 Å². The van der Waals surface area contributed by atoms with Gasteiger partial charge in [0.2, 0.25) is 5.95 Å². The van der Waals surface area contributed by atoms with Gasteiger partial charge in [-0.3, -0.25) is 0 Å². The molecule has 4 nitrogen and oxygen atoms in total. The summed E-state index contributed by atoms with van der Waals surface area (Å²) >= 11 is 3.22. The van der Waals surface area contributed by atoms with Gasteiger partial charge in [-0.25, -0.2) is 9.07 Å². The van der Waals surface area contributed by atoms with Crippen LogP contribution in [0.1, 0.15) is 5.56 Å². The molecular formula is C9H8BrFN4. The molecule has 0 aliphatic carbocycles. The molecule has 0 amide bonds. The Bertz CT molecular complexity index is 465. The molecule has 15 heavy (non-hydrogen) atoms. The largest absolute Gasteiger partial charge is 0.366 e. The van der Waals surface area contributed by atoms with E-state index in [1.54, 1.807) is 16.8 Å². The first kappa shape index (κ1) is 10.1. The molecular weight excluding hydrogens is 263 g/mol. The molecule has 0 bridgehead atoms. The van der Waals surface area contributed by atoms with Crippen LogP contribution < -0.4 is 5.73 Å². The number of hydrogen-bond donors (Lipinski definition) is 1. The zero-order chi connectivity index (χ0) is 10.8. The summed E-state index contributed by atoms with van der Waals surface area (Å²) in [6.45, 7) is 0.505. The zero-order valence-corrected chi connectivity index (χ0v) is 9.28. The molecule has 0 radical (unpaired) electrons. The first-order valence-electron chi connectivity index (χ1n) is 4.25. The highest BCUT2D eigenvalue weighted by molar-refractivity contribution is 9.10. The Hall–Kier alpha value is -1.43. The number of anilines is 1. The molecule has 0 spiro atoms. The van der Waals surface area contributed by atoms with Crippen molar-refractivity contribution in [2.45, 2.75) is 6.54 Å². The van der Waals surface area contributed by atoms with Crippen LogP contribution in [0.5, 0.6) is 0 Å². The van der Waals surface area contributed by atoms with Crippen molar-refractivity contribution in [2.24, 2.45) is 0 Å². The summed E-state index contributed by atoms with van der Waals surface area (Å²) in [5, 5.41) is 3.97. The summed E-state index contributed by atoms with van der Waals surface area (Å²) in [6.07, 6.45) is 0. The average Bonchev–Trinajstić information content (AvgIpc) is 2.49. The number of rotatable bonds is 2. The molecule has 2 N–H and O–H groups in total. The van der Waals surface area contributed by atoms with E-state index in [-0.39, 0.29) is 11.8 Å². The van der Waals surface area contributed by atoms with E-state index < -0.39 is 0 Å². The Labute approximate surface area is 94.1 Å². The van der Waals surface area contributed by atoms with Gasteiger partial charge >= 0.3 is 0 Å². The minimum absolute atomic E-state index is 0.212. The van der Waals surface area contributed by atoms with Gasteiger partial charge in [0.25, 0.3) is 0 Å². The standard InChI is InChI=1S/C9H8BrFN4/c10-8-13-9(12)14-15(8)5-6-1-3-7(11)4-2-6/h1-4H,5H2,(H2,12,14). The van der Waals surface area contributed by atoms with E-state index in [1.807, 2.05) is 0 Å². The molecule has 1 aromatic carbocycles. The van der Waals surface area contributed by atoms with E-state index in [0.717, 1.165) is 5.56 Å². The molecule has 0 aliphatic heterocycles. The number of nitrogens with two attached hydrogens (primary N) is 1. The fraction of sp³-hybridized carbons (Fsp3) is 0.111. The van der Waals surface area contributed by atoms with Crippen LogP contribution in [-0.2, 0) is 6.54 Å². The van der Waals surface area contributed by atoms with Crippen molar-refractivity contribution in [3.63, 3.8) is 0 Å². The van der Waals surface area contributed by atoms with Crippen molar-refractivity contribution in [1.82, 2.24) is 14.8 Å². The van der Waals surface area contributed by atoms with Gasteiger partial charge in [-0.05, 0) is 33.6 Å². The number of nitrogen functional groups attached to an aromatic ring is 1. The third kappa shape index (κ3) is 2.33. The summed E-state index contributed by atoms with van der Waals surface area (Å²) in [6, 6.07) is 6.20. The number of benzene rings is 1. The Morgan fingerprint density at radius 1 is 1.33 bits per heavy atom. The van der Waals surface area contributed by atoms with E-state index in [1.165, 1.54) is 12.1 Å². The Kier molecular flexibility index (Phi) is 2.68. The van der Waals surface area contributed by atoms with Gasteiger partial charge in [0.15, 0.2) is 4.73 Å². The fourth-order valence-corrected chi connectivity index (χ4v) is 1.59. The summed E-state index contributed by atoms with van der Waals surface area (Å²) in [5.41, 5.74) is 6.36. The lowest BCUT2D eigenvalue weighted by molar-refractivity contribution is 0.623. The van der Waals surface area contributed by atoms with Crippen molar-refractivity contribution in [3.05, 3.63) is 40.4 Å². The van der Waals surface area contributed by atoms with Crippen LogP contribution in [0.2, 0.25) is 0 Å². The lowest BCUT2D eigenvalue weighted by Gasteiger charge is -2.01. The van der Waals surface area contributed by atoms with E-state index in [0.29, 0.717) is 11.3 Å². The number of halogens is 2. The van der Waals surface area contributed by atoms with E-state index in [9.17, 15) is 4.39 Å². The quantitative estimate of drug-likeness (QED) is 0.906. The second-order valence-corrected chi connectivity index (χ2v) is 3.73. The minimum Gasteiger partial charge on any atom is -0.366 e. The molecule has 6 heteroatoms. The smallest absolute Gasteiger partial charge is 0.240 e. The third-order valence-electron chi connectivity index (χ3n) is 1.89. The van der Waals surface area contributed by atoms with Gasteiger partial charge in [0, 0.05) is 0 Å². The minimum atomic E-state index is -0.254. The lowest BCUT2D eigenvalue weighted by Crippen LogP contribution is -2.02. The van der Waals surface area contributed by atoms with Gasteiger partial charge in [-0.15, -0.1) is 5.10 Å². The van der Waals surface area contributed by atoms with Crippen molar-refractivity contribution in [1.29, 1.82) is 0 Å². The van der Waals surface area contributed by atoms with Crippen molar-refractivity contribution < 1.29 is 4.39 Å². The van der Waals surface area contributed by atoms with Crippen LogP contribution in [0.15, 0.2) is 29.0 Å². The van der Waals surface area contributed by atoms with Crippen LogP contribution in [0.25, 0.3) is 0 Å². The molecule has 0 unspecified atom stereocenters. The second kappa shape index (κ2) is 3.98. The lowest BCUT2D eigenvalue weighted by atomic mass is 10.2. The maximum atomic E-state index is 12.6. The highest BCUT2D eigenvalue weighted by Crippen LogP contribution is 2.11. The number of hydrogen-bond acceptors (Lipinski definition) is 3. The van der Waals surface area contributed by atoms with Gasteiger partial charge < -0.3 is 5.73 Å². The Balaban J connectivity index is 2.21. The summed E-state index contributed by atoms with van der Waals surface area (Å²) < 4.78 is 14.8. The molecule has 0 atom stereocenters. The molecule has 0 saturated heterocycles. The predicted molar refractivity (Wildman–Crippen MR) is 57.6 cm³/mol. The molecule has 0 saturated carbocycles. The molecule has 78 valence electrons. The first-order chi connectivity index (χ1) is 7.15. The summed E-state index contributed by atoms with van der Waals surface area (Å²) in [4.78, 5) is 3.90. The highest BCUT2D eigenvalue weighted by Gasteiger charge is 2.04. The molecule has 0 aliphatic rings. The van der Waals surface area contributed by atoms with Crippen LogP contribution in [-0.4, -0.2) is 14.8 Å². The van der Waals surface area contributed by atoms with E-state index in [2.05, 4.69) is 26.0 Å². The van der Waals surface area contributed by atoms with Crippen LogP contribution >= 0.6 is 15.9 Å². The SMILES string of the molecule is Nc1nc(Br)n(Cc2ccc(F)cc2)n1. The van der Waals surface area contributed by atoms with Gasteiger partial charge in [0.1, 0.15) is 5.82 Å². The van der Waals surface area contributed by atoms with Crippen molar-refractivity contribution in [3.8, 4) is 0 Å². The molecule has 1 aromatic heterocycles. The maximum Gasteiger partial charge on any atom is 0.240 e. The van der Waals surface area contributed by atoms with Gasteiger partial charge in [-0.2, -0.15) is 4.98 Å². The number of aromatic nitrogens is 3. The normalized spacial score (nSPS) is 10.5. The first-order valence-corrected chi connectivity index (χ1v) is 5.05. The van der Waals surface area contributed by atoms with Crippen molar-refractivity contribution >= 4 is 21.9 Å². The van der Waals surface area contributed by atoms with Crippen LogP contribution in [0.3, 0.4) is 0 Å². The van der Waals surface area contributed by atoms with Crippen LogP contribution in [0, 0.1) is 5.82 Å². The Morgan fingerprint density at radius 2 is 2.00 bits per heavy atom. The maximum absolute atomic E-state index is 12.6. The third-order valence-corrected chi connectivity index (χ3v) is 2.48. The molecule has 2 aromatic rings. The van der Waals surface area contributed by atoms with Gasteiger partial charge in [-0.1, -0.05) is 12.1 Å². The predicted octanol–water partition coefficient (Wildman–Crippen LogP) is 1.81. The summed E-state index contributed by atoms with van der Waals surface area (Å²) in [5.74, 6) is -0.0418. The van der Waals surface area contributed by atoms with E-state index in [4.69, 9.17) is 5.73 Å². The zero-order valence-electron chi connectivity index (χ0n) is 7.69. The molecule has 2 rings (SSSR count). The number of nitrogens with zero attached hydrogens (tertiary/aromatic N) is 3. The average molecular weight is 271 g/mol. The Morgan fingerprint density at radius 3 is 2.53 bits per heavy atom. The summed E-state index contributed by atoms with van der Waals surface area (Å²) in [7, 11) is 0. The fourth-order valence-electron chi connectivity index (χ4n) is 1.20. The topological polar surface area (TPSA) is 56.7 Å². The molecule has 1 heterocycles. The second-order valence-electron chi connectivity index (χ2n) is 3.02. The van der Waals surface area contributed by atoms with E-state index >= 15 is 0 Å². The highest BCUT2D eigenvalue weighted by atomic mass is 79.9. The monoisotopic (exact) mass is 270 g/mol.